The molecule has 1 atom stereocenters. The van der Waals surface area contributed by atoms with Gasteiger partial charge in [-0.05, 0) is 61.7 Å². The third-order valence-corrected chi connectivity index (χ3v) is 7.45. The number of nitrogens with zero attached hydrogens (tertiary/aromatic N) is 3. The van der Waals surface area contributed by atoms with Crippen LogP contribution in [0.2, 0.25) is 0 Å². The van der Waals surface area contributed by atoms with Crippen molar-refractivity contribution in [2.24, 2.45) is 5.92 Å². The van der Waals surface area contributed by atoms with Crippen molar-refractivity contribution in [1.82, 2.24) is 9.88 Å². The number of rotatable bonds is 8. The minimum atomic E-state index is -0.360. The van der Waals surface area contributed by atoms with Gasteiger partial charge in [0.2, 0.25) is 0 Å². The fraction of sp³-hybridized carbons (Fsp3) is 0.500. The maximum absolute atomic E-state index is 10.0. The van der Waals surface area contributed by atoms with Gasteiger partial charge in [-0.25, -0.2) is 0 Å². The Bertz CT molecular complexity index is 949. The first-order chi connectivity index (χ1) is 14.6. The largest absolute Gasteiger partial charge is 0.424 e. The van der Waals surface area contributed by atoms with Gasteiger partial charge in [0.1, 0.15) is 5.52 Å². The summed E-state index contributed by atoms with van der Waals surface area (Å²) in [5, 5.41) is 15.6. The zero-order valence-corrected chi connectivity index (χ0v) is 18.6. The Kier molecular flexibility index (Phi) is 6.40. The van der Waals surface area contributed by atoms with E-state index in [9.17, 15) is 5.26 Å². The highest BCUT2D eigenvalue weighted by molar-refractivity contribution is 7.10. The van der Waals surface area contributed by atoms with Gasteiger partial charge in [-0.3, -0.25) is 0 Å². The summed E-state index contributed by atoms with van der Waals surface area (Å²) in [6.07, 6.45) is 4.13. The minimum absolute atomic E-state index is 0.312. The number of thiophene rings is 1. The summed E-state index contributed by atoms with van der Waals surface area (Å²) < 4.78 is 5.80. The standard InChI is InChI=1S/C24H30N4OS/c1-18(2)24(17-25,22-9-5-16-30-22)12-6-13-28-14-10-19(11-15-28)26-23-27-20-7-3-4-8-21(20)29-23/h3-5,7-9,16,18-19H,6,10-15H2,1-2H3,(H,26,27). The van der Waals surface area contributed by atoms with Crippen LogP contribution in [0.4, 0.5) is 6.01 Å². The van der Waals surface area contributed by atoms with Gasteiger partial charge in [0, 0.05) is 24.0 Å². The third-order valence-electron chi connectivity index (χ3n) is 6.40. The van der Waals surface area contributed by atoms with Crippen LogP contribution in [-0.4, -0.2) is 35.6 Å². The predicted molar refractivity (Wildman–Crippen MR) is 123 cm³/mol. The second kappa shape index (κ2) is 9.20. The molecule has 6 heteroatoms. The molecule has 0 amide bonds. The number of benzene rings is 1. The van der Waals surface area contributed by atoms with Gasteiger partial charge < -0.3 is 14.6 Å². The van der Waals surface area contributed by atoms with Crippen LogP contribution in [0.1, 0.15) is 44.4 Å². The molecule has 5 nitrogen and oxygen atoms in total. The quantitative estimate of drug-likeness (QED) is 0.507. The van der Waals surface area contributed by atoms with E-state index >= 15 is 0 Å². The number of fused-ring (bicyclic) bond motifs is 1. The lowest BCUT2D eigenvalue weighted by Crippen LogP contribution is -2.40. The summed E-state index contributed by atoms with van der Waals surface area (Å²) in [4.78, 5) is 8.27. The maximum atomic E-state index is 10.0. The first-order valence-electron chi connectivity index (χ1n) is 10.9. The van der Waals surface area contributed by atoms with Crippen LogP contribution in [0.25, 0.3) is 11.1 Å². The highest BCUT2D eigenvalue weighted by Crippen LogP contribution is 2.39. The molecule has 1 unspecified atom stereocenters. The van der Waals surface area contributed by atoms with E-state index in [0.717, 1.165) is 56.4 Å². The molecule has 3 heterocycles. The molecule has 158 valence electrons. The molecular weight excluding hydrogens is 392 g/mol. The predicted octanol–water partition coefficient (Wildman–Crippen LogP) is 5.66. The van der Waals surface area contributed by atoms with Crippen molar-refractivity contribution in [3.63, 3.8) is 0 Å². The molecule has 1 aliphatic heterocycles. The Morgan fingerprint density at radius 2 is 2.07 bits per heavy atom. The van der Waals surface area contributed by atoms with E-state index in [1.807, 2.05) is 24.3 Å². The van der Waals surface area contributed by atoms with E-state index in [1.54, 1.807) is 11.3 Å². The lowest BCUT2D eigenvalue weighted by molar-refractivity contribution is 0.206. The van der Waals surface area contributed by atoms with Gasteiger partial charge in [0.05, 0.1) is 11.5 Å². The number of nitriles is 1. The van der Waals surface area contributed by atoms with Crippen LogP contribution >= 0.6 is 11.3 Å². The molecule has 4 rings (SSSR count). The molecule has 0 radical (unpaired) electrons. The number of hydrogen-bond acceptors (Lipinski definition) is 6. The van der Waals surface area contributed by atoms with E-state index in [0.29, 0.717) is 18.0 Å². The van der Waals surface area contributed by atoms with Crippen molar-refractivity contribution in [3.05, 3.63) is 46.7 Å². The van der Waals surface area contributed by atoms with E-state index in [4.69, 9.17) is 4.42 Å². The average molecular weight is 423 g/mol. The smallest absolute Gasteiger partial charge is 0.295 e. The Hall–Kier alpha value is -2.36. The molecule has 1 aromatic carbocycles. The lowest BCUT2D eigenvalue weighted by atomic mass is 9.73. The summed E-state index contributed by atoms with van der Waals surface area (Å²) in [6.45, 7) is 7.53. The molecule has 3 aromatic rings. The number of aromatic nitrogens is 1. The summed E-state index contributed by atoms with van der Waals surface area (Å²) in [6, 6.07) is 15.7. The van der Waals surface area contributed by atoms with Gasteiger partial charge in [-0.15, -0.1) is 11.3 Å². The maximum Gasteiger partial charge on any atom is 0.295 e. The average Bonchev–Trinajstić information content (AvgIpc) is 3.42. The van der Waals surface area contributed by atoms with E-state index in [2.05, 4.69) is 52.6 Å². The first kappa shape index (κ1) is 20.9. The van der Waals surface area contributed by atoms with Gasteiger partial charge in [-0.2, -0.15) is 10.2 Å². The number of nitrogens with one attached hydrogen (secondary N) is 1. The van der Waals surface area contributed by atoms with Crippen molar-refractivity contribution in [2.45, 2.75) is 51.0 Å². The second-order valence-electron chi connectivity index (χ2n) is 8.57. The zero-order chi connectivity index (χ0) is 21.0. The number of anilines is 1. The van der Waals surface area contributed by atoms with E-state index < -0.39 is 0 Å². The summed E-state index contributed by atoms with van der Waals surface area (Å²) in [7, 11) is 0. The van der Waals surface area contributed by atoms with Crippen molar-refractivity contribution < 1.29 is 4.42 Å². The molecule has 30 heavy (non-hydrogen) atoms. The molecule has 0 bridgehead atoms. The Morgan fingerprint density at radius 1 is 1.27 bits per heavy atom. The normalized spacial score (nSPS) is 17.8. The summed E-state index contributed by atoms with van der Waals surface area (Å²) >= 11 is 1.71. The van der Waals surface area contributed by atoms with Gasteiger partial charge in [-0.1, -0.05) is 32.0 Å². The molecule has 0 spiro atoms. The Morgan fingerprint density at radius 3 is 2.73 bits per heavy atom. The first-order valence-corrected chi connectivity index (χ1v) is 11.8. The van der Waals surface area contributed by atoms with E-state index in [1.165, 1.54) is 4.88 Å². The van der Waals surface area contributed by atoms with Crippen LogP contribution in [0.15, 0.2) is 46.2 Å². The molecule has 0 aliphatic carbocycles. The molecule has 1 saturated heterocycles. The number of hydrogen-bond donors (Lipinski definition) is 1. The highest BCUT2D eigenvalue weighted by atomic mass is 32.1. The molecule has 1 fully saturated rings. The molecule has 1 aliphatic rings. The SMILES string of the molecule is CC(C)C(C#N)(CCCN1CCC(Nc2nc3ccccc3o2)CC1)c1cccs1. The Labute approximate surface area is 182 Å². The van der Waals surface area contributed by atoms with Crippen molar-refractivity contribution in [1.29, 1.82) is 5.26 Å². The molecular formula is C24H30N4OS. The second-order valence-corrected chi connectivity index (χ2v) is 9.51. The van der Waals surface area contributed by atoms with Crippen LogP contribution in [0, 0.1) is 17.2 Å². The fourth-order valence-corrected chi connectivity index (χ4v) is 5.51. The Balaban J connectivity index is 1.26. The lowest BCUT2D eigenvalue weighted by Gasteiger charge is -2.34. The number of para-hydroxylation sites is 2. The van der Waals surface area contributed by atoms with Gasteiger partial charge >= 0.3 is 0 Å². The van der Waals surface area contributed by atoms with Crippen molar-refractivity contribution in [3.8, 4) is 6.07 Å². The van der Waals surface area contributed by atoms with Crippen LogP contribution in [-0.2, 0) is 5.41 Å². The summed E-state index contributed by atoms with van der Waals surface area (Å²) in [5.74, 6) is 0.312. The monoisotopic (exact) mass is 422 g/mol. The summed E-state index contributed by atoms with van der Waals surface area (Å²) in [5.41, 5.74) is 1.37. The third kappa shape index (κ3) is 4.38. The van der Waals surface area contributed by atoms with Crippen LogP contribution in [0.5, 0.6) is 0 Å². The fourth-order valence-electron chi connectivity index (χ4n) is 4.46. The minimum Gasteiger partial charge on any atom is -0.424 e. The molecule has 1 N–H and O–H groups in total. The number of piperidine rings is 1. The van der Waals surface area contributed by atoms with Crippen molar-refractivity contribution >= 4 is 28.5 Å². The molecule has 0 saturated carbocycles. The van der Waals surface area contributed by atoms with Gasteiger partial charge in [0.15, 0.2) is 5.58 Å². The van der Waals surface area contributed by atoms with Crippen molar-refractivity contribution in [2.75, 3.05) is 25.0 Å². The zero-order valence-electron chi connectivity index (χ0n) is 17.8. The van der Waals surface area contributed by atoms with Crippen LogP contribution < -0.4 is 5.32 Å². The number of oxazole rings is 1. The van der Waals surface area contributed by atoms with E-state index in [-0.39, 0.29) is 5.41 Å². The topological polar surface area (TPSA) is 65.1 Å². The highest BCUT2D eigenvalue weighted by Gasteiger charge is 2.36. The van der Waals surface area contributed by atoms with Crippen LogP contribution in [0.3, 0.4) is 0 Å². The molecule has 2 aromatic heterocycles. The van der Waals surface area contributed by atoms with Gasteiger partial charge in [0.25, 0.3) is 6.01 Å². The number of likely N-dealkylation sites (tertiary alicyclic amines) is 1.